The van der Waals surface area contributed by atoms with E-state index in [9.17, 15) is 14.4 Å². The maximum Gasteiger partial charge on any atom is 0.328 e. The number of carboxylic acids is 1. The Morgan fingerprint density at radius 3 is 2.68 bits per heavy atom. The molecule has 8 heteroatoms. The van der Waals surface area contributed by atoms with Crippen molar-refractivity contribution in [3.05, 3.63) is 0 Å². The van der Waals surface area contributed by atoms with Gasteiger partial charge in [-0.25, -0.2) is 9.59 Å². The lowest BCUT2D eigenvalue weighted by Crippen LogP contribution is -2.62. The summed E-state index contributed by atoms with van der Waals surface area (Å²) in [5, 5.41) is 20.4. The van der Waals surface area contributed by atoms with E-state index in [1.807, 2.05) is 6.92 Å². The van der Waals surface area contributed by atoms with Crippen molar-refractivity contribution in [3.8, 4) is 0 Å². The summed E-state index contributed by atoms with van der Waals surface area (Å²) < 4.78 is 0. The second-order valence-corrected chi connectivity index (χ2v) is 4.28. The van der Waals surface area contributed by atoms with Gasteiger partial charge in [-0.3, -0.25) is 9.69 Å². The molecular weight excluding hydrogens is 254 g/mol. The Bertz CT molecular complexity index is 354. The molecule has 1 fully saturated rings. The van der Waals surface area contributed by atoms with Gasteiger partial charge in [-0.2, -0.15) is 0 Å². The molecule has 1 aliphatic heterocycles. The van der Waals surface area contributed by atoms with Crippen molar-refractivity contribution in [2.45, 2.75) is 19.4 Å². The summed E-state index contributed by atoms with van der Waals surface area (Å²) in [6.45, 7) is 1.82. The smallest absolute Gasteiger partial charge is 0.328 e. The van der Waals surface area contributed by atoms with Gasteiger partial charge in [0.05, 0.1) is 6.61 Å². The minimum Gasteiger partial charge on any atom is -0.480 e. The third-order valence-electron chi connectivity index (χ3n) is 2.85. The van der Waals surface area contributed by atoms with Crippen molar-refractivity contribution in [1.29, 1.82) is 0 Å². The molecule has 108 valence electrons. The number of amides is 3. The number of urea groups is 1. The highest BCUT2D eigenvalue weighted by atomic mass is 16.4. The number of nitrogens with zero attached hydrogens (tertiary/aromatic N) is 2. The number of carbonyl (C=O) groups is 3. The molecule has 0 radical (unpaired) electrons. The van der Waals surface area contributed by atoms with Crippen molar-refractivity contribution < 1.29 is 24.6 Å². The van der Waals surface area contributed by atoms with Crippen LogP contribution in [0, 0.1) is 0 Å². The highest BCUT2D eigenvalue weighted by Gasteiger charge is 2.36. The van der Waals surface area contributed by atoms with Gasteiger partial charge in [-0.15, -0.1) is 0 Å². The molecule has 0 saturated carbocycles. The zero-order valence-electron chi connectivity index (χ0n) is 10.8. The van der Waals surface area contributed by atoms with E-state index in [-0.39, 0.29) is 32.1 Å². The third-order valence-corrected chi connectivity index (χ3v) is 2.85. The van der Waals surface area contributed by atoms with Crippen LogP contribution in [-0.4, -0.2) is 76.7 Å². The van der Waals surface area contributed by atoms with Gasteiger partial charge in [-0.05, 0) is 6.42 Å². The number of hydrogen-bond donors (Lipinski definition) is 3. The third kappa shape index (κ3) is 3.82. The van der Waals surface area contributed by atoms with Crippen LogP contribution in [0.25, 0.3) is 0 Å². The van der Waals surface area contributed by atoms with Gasteiger partial charge < -0.3 is 20.4 Å². The van der Waals surface area contributed by atoms with E-state index < -0.39 is 18.0 Å². The van der Waals surface area contributed by atoms with Gasteiger partial charge in [0.2, 0.25) is 5.91 Å². The average molecular weight is 273 g/mol. The monoisotopic (exact) mass is 273 g/mol. The van der Waals surface area contributed by atoms with Crippen molar-refractivity contribution in [2.24, 2.45) is 0 Å². The average Bonchev–Trinajstić information content (AvgIpc) is 2.37. The number of aliphatic carboxylic acids is 1. The number of carboxylic acid groups (broad SMARTS) is 1. The number of carbonyl (C=O) groups excluding carboxylic acids is 2. The Morgan fingerprint density at radius 2 is 2.16 bits per heavy atom. The Kier molecular flexibility index (Phi) is 5.56. The predicted molar refractivity (Wildman–Crippen MR) is 65.5 cm³/mol. The van der Waals surface area contributed by atoms with Crippen LogP contribution < -0.4 is 5.32 Å². The zero-order chi connectivity index (χ0) is 14.4. The van der Waals surface area contributed by atoms with Gasteiger partial charge in [0.15, 0.2) is 0 Å². The molecule has 0 bridgehead atoms. The molecule has 0 aromatic heterocycles. The molecular formula is C11H19N3O5. The molecule has 1 atom stereocenters. The van der Waals surface area contributed by atoms with Crippen LogP contribution in [0.3, 0.4) is 0 Å². The van der Waals surface area contributed by atoms with E-state index in [4.69, 9.17) is 10.2 Å². The number of aliphatic hydroxyl groups excluding tert-OH is 1. The van der Waals surface area contributed by atoms with E-state index in [2.05, 4.69) is 5.32 Å². The summed E-state index contributed by atoms with van der Waals surface area (Å²) in [4.78, 5) is 37.0. The van der Waals surface area contributed by atoms with E-state index in [0.29, 0.717) is 13.0 Å². The maximum absolute atomic E-state index is 12.2. The molecule has 1 unspecified atom stereocenters. The molecule has 0 spiro atoms. The fourth-order valence-corrected chi connectivity index (χ4v) is 1.94. The Morgan fingerprint density at radius 1 is 1.47 bits per heavy atom. The molecule has 1 saturated heterocycles. The number of piperazine rings is 1. The van der Waals surface area contributed by atoms with E-state index >= 15 is 0 Å². The van der Waals surface area contributed by atoms with Crippen LogP contribution in [0.4, 0.5) is 4.79 Å². The summed E-state index contributed by atoms with van der Waals surface area (Å²) in [5.41, 5.74) is 0. The van der Waals surface area contributed by atoms with Gasteiger partial charge in [0, 0.05) is 19.6 Å². The van der Waals surface area contributed by atoms with Crippen molar-refractivity contribution in [2.75, 3.05) is 32.8 Å². The number of hydrogen-bond acceptors (Lipinski definition) is 4. The second kappa shape index (κ2) is 6.93. The minimum atomic E-state index is -1.16. The van der Waals surface area contributed by atoms with Crippen molar-refractivity contribution in [1.82, 2.24) is 15.1 Å². The number of nitrogens with one attached hydrogen (secondary N) is 1. The molecule has 3 amide bonds. The van der Waals surface area contributed by atoms with E-state index in [1.54, 1.807) is 0 Å². The summed E-state index contributed by atoms with van der Waals surface area (Å²) in [6, 6.07) is -1.60. The summed E-state index contributed by atoms with van der Waals surface area (Å²) in [7, 11) is 0. The molecule has 19 heavy (non-hydrogen) atoms. The molecule has 1 heterocycles. The first-order valence-electron chi connectivity index (χ1n) is 6.17. The highest BCUT2D eigenvalue weighted by Crippen LogP contribution is 2.09. The van der Waals surface area contributed by atoms with Crippen LogP contribution in [0.5, 0.6) is 0 Å². The Labute approximate surface area is 111 Å². The lowest BCUT2D eigenvalue weighted by molar-refractivity contribution is -0.144. The molecule has 1 aliphatic rings. The topological polar surface area (TPSA) is 110 Å². The van der Waals surface area contributed by atoms with Gasteiger partial charge in [0.25, 0.3) is 0 Å². The lowest BCUT2D eigenvalue weighted by atomic mass is 10.2. The minimum absolute atomic E-state index is 0.0982. The van der Waals surface area contributed by atoms with Gasteiger partial charge in [0.1, 0.15) is 12.6 Å². The maximum atomic E-state index is 12.2. The summed E-state index contributed by atoms with van der Waals surface area (Å²) >= 11 is 0. The summed E-state index contributed by atoms with van der Waals surface area (Å²) in [6.07, 6.45) is 0.684. The van der Waals surface area contributed by atoms with Crippen LogP contribution in [0.15, 0.2) is 0 Å². The largest absolute Gasteiger partial charge is 0.480 e. The second-order valence-electron chi connectivity index (χ2n) is 4.28. The van der Waals surface area contributed by atoms with E-state index in [0.717, 1.165) is 4.90 Å². The fraction of sp³-hybridized carbons (Fsp3) is 0.727. The van der Waals surface area contributed by atoms with Crippen LogP contribution >= 0.6 is 0 Å². The lowest BCUT2D eigenvalue weighted by Gasteiger charge is -2.36. The normalized spacial score (nSPS) is 18.9. The van der Waals surface area contributed by atoms with Gasteiger partial charge in [-0.1, -0.05) is 6.92 Å². The first-order valence-corrected chi connectivity index (χ1v) is 6.17. The van der Waals surface area contributed by atoms with Crippen LogP contribution in [0.2, 0.25) is 0 Å². The fourth-order valence-electron chi connectivity index (χ4n) is 1.94. The molecule has 3 N–H and O–H groups in total. The van der Waals surface area contributed by atoms with Crippen LogP contribution in [-0.2, 0) is 9.59 Å². The standard InChI is InChI=1S/C11H19N3O5/c1-2-3-13(4-5-15)11(19)14-7-9(16)12-6-8(14)10(17)18/h8,15H,2-7H2,1H3,(H,12,16)(H,17,18). The van der Waals surface area contributed by atoms with E-state index in [1.165, 1.54) is 4.90 Å². The van der Waals surface area contributed by atoms with Crippen LogP contribution in [0.1, 0.15) is 13.3 Å². The molecule has 8 nitrogen and oxygen atoms in total. The molecule has 0 aromatic carbocycles. The quantitative estimate of drug-likeness (QED) is 0.576. The number of aliphatic hydroxyl groups is 1. The molecule has 1 rings (SSSR count). The summed E-state index contributed by atoms with van der Waals surface area (Å²) in [5.74, 6) is -1.54. The number of rotatable bonds is 5. The highest BCUT2D eigenvalue weighted by molar-refractivity contribution is 5.90. The first-order chi connectivity index (χ1) is 9.01. The molecule has 0 aromatic rings. The van der Waals surface area contributed by atoms with Crippen molar-refractivity contribution in [3.63, 3.8) is 0 Å². The SMILES string of the molecule is CCCN(CCO)C(=O)N1CC(=O)NCC1C(=O)O. The first kappa shape index (κ1) is 15.2. The predicted octanol–water partition coefficient (Wildman–Crippen LogP) is -1.30. The zero-order valence-corrected chi connectivity index (χ0v) is 10.8. The van der Waals surface area contributed by atoms with Crippen molar-refractivity contribution >= 4 is 17.9 Å². The van der Waals surface area contributed by atoms with Gasteiger partial charge >= 0.3 is 12.0 Å². The molecule has 0 aliphatic carbocycles. The Balaban J connectivity index is 2.84. The Hall–Kier alpha value is -1.83.